The normalized spacial score (nSPS) is 12.4. The monoisotopic (exact) mass is 444 g/mol. The van der Waals surface area contributed by atoms with E-state index < -0.39 is 16.1 Å². The third kappa shape index (κ3) is 5.31. The molecule has 2 aromatic carbocycles. The molecule has 152 valence electrons. The fourth-order valence-corrected chi connectivity index (χ4v) is 4.28. The van der Waals surface area contributed by atoms with Gasteiger partial charge in [-0.25, -0.2) is 8.42 Å². The van der Waals surface area contributed by atoms with Gasteiger partial charge in [0.2, 0.25) is 15.9 Å². The van der Waals surface area contributed by atoms with Crippen molar-refractivity contribution in [2.24, 2.45) is 0 Å². The Kier molecular flexibility index (Phi) is 7.20. The third-order valence-corrected chi connectivity index (χ3v) is 6.16. The number of anilines is 1. The molecule has 0 spiro atoms. The Morgan fingerprint density at radius 2 is 1.71 bits per heavy atom. The van der Waals surface area contributed by atoms with Crippen molar-refractivity contribution in [1.29, 1.82) is 0 Å². The van der Waals surface area contributed by atoms with E-state index >= 15 is 0 Å². The Balaban J connectivity index is 2.25. The first-order valence-corrected chi connectivity index (χ1v) is 11.0. The number of carbonyl (C=O) groups excluding carboxylic acids is 1. The topological polar surface area (TPSA) is 66.9 Å². The summed E-state index contributed by atoms with van der Waals surface area (Å²) < 4.78 is 30.9. The van der Waals surface area contributed by atoms with E-state index in [1.54, 1.807) is 26.3 Å². The number of hydrogen-bond donors (Lipinski definition) is 0. The number of nitrogens with zero attached hydrogens (tertiary/aromatic N) is 2. The van der Waals surface area contributed by atoms with E-state index in [2.05, 4.69) is 0 Å². The molecular formula is C19H22Cl2N2O4S. The Morgan fingerprint density at radius 1 is 1.11 bits per heavy atom. The maximum absolute atomic E-state index is 12.9. The van der Waals surface area contributed by atoms with E-state index in [4.69, 9.17) is 27.9 Å². The first-order valence-electron chi connectivity index (χ1n) is 8.37. The van der Waals surface area contributed by atoms with E-state index in [0.717, 1.165) is 16.1 Å². The second kappa shape index (κ2) is 9.03. The largest absolute Gasteiger partial charge is 0.497 e. The third-order valence-electron chi connectivity index (χ3n) is 4.18. The van der Waals surface area contributed by atoms with Crippen molar-refractivity contribution in [3.63, 3.8) is 0 Å². The van der Waals surface area contributed by atoms with Crippen LogP contribution in [0, 0.1) is 0 Å². The minimum atomic E-state index is -3.74. The summed E-state index contributed by atoms with van der Waals surface area (Å²) in [5, 5.41) is 0.508. The summed E-state index contributed by atoms with van der Waals surface area (Å²) >= 11 is 11.9. The molecule has 9 heteroatoms. The van der Waals surface area contributed by atoms with Crippen LogP contribution in [-0.4, -0.2) is 45.7 Å². The number of rotatable bonds is 7. The molecule has 2 rings (SSSR count). The lowest BCUT2D eigenvalue weighted by Crippen LogP contribution is -2.48. The number of ether oxygens (including phenoxy) is 1. The molecule has 0 unspecified atom stereocenters. The van der Waals surface area contributed by atoms with Crippen LogP contribution in [0.5, 0.6) is 5.75 Å². The first kappa shape index (κ1) is 22.3. The molecule has 0 saturated carbocycles. The Labute approximate surface area is 175 Å². The SMILES string of the molecule is COc1ccc(CN(C)C(=O)[C@H](C)N(c2ccc(Cl)c(Cl)c2)S(C)(=O)=O)cc1. The average molecular weight is 445 g/mol. The standard InChI is InChI=1S/C19H22Cl2N2O4S/c1-13(19(24)22(2)12-14-5-8-16(27-3)9-6-14)23(28(4,25)26)15-7-10-17(20)18(21)11-15/h5-11,13H,12H2,1-4H3/t13-/m0/s1. The number of methoxy groups -OCH3 is 1. The summed E-state index contributed by atoms with van der Waals surface area (Å²) in [4.78, 5) is 14.4. The highest BCUT2D eigenvalue weighted by Gasteiger charge is 2.31. The Hall–Kier alpha value is -1.96. The number of carbonyl (C=O) groups is 1. The van der Waals surface area contributed by atoms with Gasteiger partial charge in [0.1, 0.15) is 11.8 Å². The highest BCUT2D eigenvalue weighted by atomic mass is 35.5. The smallest absolute Gasteiger partial charge is 0.246 e. The molecule has 0 bridgehead atoms. The highest BCUT2D eigenvalue weighted by Crippen LogP contribution is 2.30. The van der Waals surface area contributed by atoms with Crippen molar-refractivity contribution in [1.82, 2.24) is 4.90 Å². The minimum Gasteiger partial charge on any atom is -0.497 e. The molecule has 0 saturated heterocycles. The van der Waals surface area contributed by atoms with Crippen molar-refractivity contribution >= 4 is 44.8 Å². The van der Waals surface area contributed by atoms with Gasteiger partial charge in [-0.05, 0) is 42.8 Å². The molecular weight excluding hydrogens is 423 g/mol. The van der Waals surface area contributed by atoms with Crippen molar-refractivity contribution in [3.05, 3.63) is 58.1 Å². The number of benzene rings is 2. The van der Waals surface area contributed by atoms with Gasteiger partial charge in [-0.3, -0.25) is 9.10 Å². The summed E-state index contributed by atoms with van der Waals surface area (Å²) in [6, 6.07) is 10.8. The number of sulfonamides is 1. The fourth-order valence-electron chi connectivity index (χ4n) is 2.83. The number of hydrogen-bond acceptors (Lipinski definition) is 4. The first-order chi connectivity index (χ1) is 13.0. The van der Waals surface area contributed by atoms with Crippen LogP contribution >= 0.6 is 23.2 Å². The summed E-state index contributed by atoms with van der Waals surface area (Å²) in [5.74, 6) is 0.362. The van der Waals surface area contributed by atoms with Crippen molar-refractivity contribution in [2.75, 3.05) is 24.7 Å². The van der Waals surface area contributed by atoms with Crippen LogP contribution in [0.4, 0.5) is 5.69 Å². The quantitative estimate of drug-likeness (QED) is 0.650. The number of halogens is 2. The van der Waals surface area contributed by atoms with Crippen LogP contribution < -0.4 is 9.04 Å². The summed E-state index contributed by atoms with van der Waals surface area (Å²) in [6.45, 7) is 1.86. The van der Waals surface area contributed by atoms with Crippen LogP contribution in [-0.2, 0) is 21.4 Å². The molecule has 0 aromatic heterocycles. The van der Waals surface area contributed by atoms with E-state index in [-0.39, 0.29) is 16.6 Å². The van der Waals surface area contributed by atoms with Crippen molar-refractivity contribution < 1.29 is 17.9 Å². The zero-order valence-electron chi connectivity index (χ0n) is 16.0. The lowest BCUT2D eigenvalue weighted by Gasteiger charge is -2.31. The van der Waals surface area contributed by atoms with Crippen LogP contribution in [0.2, 0.25) is 10.0 Å². The van der Waals surface area contributed by atoms with E-state index in [9.17, 15) is 13.2 Å². The van der Waals surface area contributed by atoms with Crippen LogP contribution in [0.15, 0.2) is 42.5 Å². The predicted molar refractivity (Wildman–Crippen MR) is 113 cm³/mol. The second-order valence-corrected chi connectivity index (χ2v) is 9.05. The molecule has 0 N–H and O–H groups in total. The van der Waals surface area contributed by atoms with Gasteiger partial charge in [-0.1, -0.05) is 35.3 Å². The second-order valence-electron chi connectivity index (χ2n) is 6.38. The van der Waals surface area contributed by atoms with Crippen LogP contribution in [0.25, 0.3) is 0 Å². The van der Waals surface area contributed by atoms with Gasteiger partial charge >= 0.3 is 0 Å². The molecule has 0 heterocycles. The molecule has 0 aliphatic carbocycles. The minimum absolute atomic E-state index is 0.207. The number of amides is 1. The van der Waals surface area contributed by atoms with Gasteiger partial charge in [0.25, 0.3) is 0 Å². The molecule has 0 aliphatic rings. The average Bonchev–Trinajstić information content (AvgIpc) is 2.63. The van der Waals surface area contributed by atoms with Crippen LogP contribution in [0.1, 0.15) is 12.5 Å². The lowest BCUT2D eigenvalue weighted by molar-refractivity contribution is -0.131. The molecule has 1 amide bonds. The maximum atomic E-state index is 12.9. The molecule has 28 heavy (non-hydrogen) atoms. The Bertz CT molecular complexity index is 949. The molecule has 0 radical (unpaired) electrons. The summed E-state index contributed by atoms with van der Waals surface area (Å²) in [7, 11) is -0.538. The molecule has 6 nitrogen and oxygen atoms in total. The molecule has 2 aromatic rings. The molecule has 1 atom stereocenters. The molecule has 0 aliphatic heterocycles. The zero-order chi connectivity index (χ0) is 21.1. The van der Waals surface area contributed by atoms with E-state index in [0.29, 0.717) is 17.3 Å². The van der Waals surface area contributed by atoms with Crippen molar-refractivity contribution in [3.8, 4) is 5.75 Å². The maximum Gasteiger partial charge on any atom is 0.246 e. The lowest BCUT2D eigenvalue weighted by atomic mass is 10.2. The van der Waals surface area contributed by atoms with Gasteiger partial charge in [-0.15, -0.1) is 0 Å². The van der Waals surface area contributed by atoms with Gasteiger partial charge in [0.15, 0.2) is 0 Å². The van der Waals surface area contributed by atoms with Crippen molar-refractivity contribution in [2.45, 2.75) is 19.5 Å². The van der Waals surface area contributed by atoms with Gasteiger partial charge in [-0.2, -0.15) is 0 Å². The van der Waals surface area contributed by atoms with Gasteiger partial charge in [0, 0.05) is 13.6 Å². The van der Waals surface area contributed by atoms with E-state index in [1.165, 1.54) is 30.0 Å². The summed E-state index contributed by atoms with van der Waals surface area (Å²) in [6.07, 6.45) is 1.04. The fraction of sp³-hybridized carbons (Fsp3) is 0.316. The summed E-state index contributed by atoms with van der Waals surface area (Å²) in [5.41, 5.74) is 1.17. The van der Waals surface area contributed by atoms with E-state index in [1.807, 2.05) is 12.1 Å². The zero-order valence-corrected chi connectivity index (χ0v) is 18.3. The highest BCUT2D eigenvalue weighted by molar-refractivity contribution is 7.92. The molecule has 0 fully saturated rings. The van der Waals surface area contributed by atoms with Gasteiger partial charge < -0.3 is 9.64 Å². The Morgan fingerprint density at radius 3 is 2.21 bits per heavy atom. The van der Waals surface area contributed by atoms with Gasteiger partial charge in [0.05, 0.1) is 29.1 Å². The van der Waals surface area contributed by atoms with Crippen LogP contribution in [0.3, 0.4) is 0 Å². The predicted octanol–water partition coefficient (Wildman–Crippen LogP) is 3.82. The number of likely N-dealkylation sites (N-methyl/N-ethyl adjacent to an activating group) is 1.